The molecule has 1 saturated heterocycles. The highest BCUT2D eigenvalue weighted by Crippen LogP contribution is 2.40. The quantitative estimate of drug-likeness (QED) is 0.169. The zero-order valence-electron chi connectivity index (χ0n) is 30.2. The van der Waals surface area contributed by atoms with Gasteiger partial charge < -0.3 is 20.2 Å². The van der Waals surface area contributed by atoms with Crippen molar-refractivity contribution in [2.75, 3.05) is 18.8 Å². The summed E-state index contributed by atoms with van der Waals surface area (Å²) in [5, 5.41) is 18.4. The average molecular weight is 682 g/mol. The van der Waals surface area contributed by atoms with Gasteiger partial charge in [0.2, 0.25) is 14.2 Å². The number of amides is 2. The standard InChI is InChI=1S/C38H59N3O4SSi/c1-26-30(20-15-21-34(26)45-47(8,9)38(5,6)7)35(43)39-31(25-46-29-18-11-10-12-19-29)33(42)24-41-23-28-17-14-13-16-27(28)22-32(41)36(44)40-37(2,3)4/h10-12,15,18-21,27-28,31-33,42H,13-14,16-17,22-25H2,1-9H3,(H,39,43)(H,40,44)/t27-,28+,31-,32-,33+/m0/s1. The Balaban J connectivity index is 1.57. The van der Waals surface area contributed by atoms with E-state index in [-0.39, 0.29) is 28.4 Å². The molecule has 9 heteroatoms. The Bertz CT molecular complexity index is 1360. The summed E-state index contributed by atoms with van der Waals surface area (Å²) in [7, 11) is -2.12. The van der Waals surface area contributed by atoms with Crippen LogP contribution in [0.3, 0.4) is 0 Å². The molecule has 260 valence electrons. The SMILES string of the molecule is Cc1c(O[Si](C)(C)C(C)(C)C)cccc1C(=O)N[C@@H](CSc1ccccc1)[C@H](O)CN1C[C@H]2CCCC[C@H]2C[C@H]1C(=O)NC(C)(C)C. The minimum atomic E-state index is -2.12. The number of likely N-dealkylation sites (tertiary alicyclic amines) is 1. The van der Waals surface area contributed by atoms with Crippen molar-refractivity contribution in [1.82, 2.24) is 15.5 Å². The first-order chi connectivity index (χ1) is 21.9. The molecule has 3 N–H and O–H groups in total. The van der Waals surface area contributed by atoms with E-state index in [1.165, 1.54) is 25.7 Å². The molecule has 2 aromatic rings. The van der Waals surface area contributed by atoms with E-state index in [2.05, 4.69) is 49.4 Å². The number of β-amino-alcohol motifs (C(OH)–C–C–N with tert-alkyl or cyclic N) is 1. The number of benzene rings is 2. The van der Waals surface area contributed by atoms with Gasteiger partial charge in [-0.25, -0.2) is 0 Å². The molecule has 1 heterocycles. The summed E-state index contributed by atoms with van der Waals surface area (Å²) in [6.07, 6.45) is 4.73. The van der Waals surface area contributed by atoms with Crippen LogP contribution in [0.1, 0.15) is 89.6 Å². The summed E-state index contributed by atoms with van der Waals surface area (Å²) in [6.45, 7) is 20.1. The minimum absolute atomic E-state index is 0.0231. The number of rotatable bonds is 11. The molecule has 0 unspecified atom stereocenters. The van der Waals surface area contributed by atoms with Gasteiger partial charge in [-0.05, 0) is 94.8 Å². The van der Waals surface area contributed by atoms with Crippen LogP contribution in [0.25, 0.3) is 0 Å². The molecule has 7 nitrogen and oxygen atoms in total. The van der Waals surface area contributed by atoms with Crippen molar-refractivity contribution in [3.05, 3.63) is 59.7 Å². The Morgan fingerprint density at radius 2 is 1.66 bits per heavy atom. The van der Waals surface area contributed by atoms with Gasteiger partial charge in [0.1, 0.15) is 5.75 Å². The van der Waals surface area contributed by atoms with Crippen LogP contribution in [0.5, 0.6) is 5.75 Å². The van der Waals surface area contributed by atoms with E-state index in [0.29, 0.717) is 29.7 Å². The van der Waals surface area contributed by atoms with Crippen molar-refractivity contribution in [3.8, 4) is 5.75 Å². The van der Waals surface area contributed by atoms with E-state index in [1.54, 1.807) is 11.8 Å². The van der Waals surface area contributed by atoms with Gasteiger partial charge in [-0.15, -0.1) is 11.8 Å². The Morgan fingerprint density at radius 3 is 2.30 bits per heavy atom. The fourth-order valence-electron chi connectivity index (χ4n) is 6.59. The summed E-state index contributed by atoms with van der Waals surface area (Å²) >= 11 is 1.62. The second-order valence-corrected chi connectivity index (χ2v) is 22.1. The van der Waals surface area contributed by atoms with E-state index in [9.17, 15) is 14.7 Å². The smallest absolute Gasteiger partial charge is 0.252 e. The van der Waals surface area contributed by atoms with Crippen LogP contribution in [0, 0.1) is 18.8 Å². The third kappa shape index (κ3) is 10.1. The molecule has 1 aliphatic heterocycles. The largest absolute Gasteiger partial charge is 0.543 e. The Kier molecular flexibility index (Phi) is 12.3. The number of thioether (sulfide) groups is 1. The molecular weight excluding hydrogens is 623 g/mol. The van der Waals surface area contributed by atoms with Gasteiger partial charge in [-0.3, -0.25) is 14.5 Å². The molecule has 2 aromatic carbocycles. The second kappa shape index (κ2) is 15.5. The summed E-state index contributed by atoms with van der Waals surface area (Å²) in [6, 6.07) is 14.9. The molecule has 0 radical (unpaired) electrons. The highest BCUT2D eigenvalue weighted by Gasteiger charge is 2.42. The molecule has 2 fully saturated rings. The maximum absolute atomic E-state index is 14.0. The van der Waals surface area contributed by atoms with Gasteiger partial charge in [0.05, 0.1) is 18.2 Å². The number of hydrogen-bond donors (Lipinski definition) is 3. The van der Waals surface area contributed by atoms with Crippen molar-refractivity contribution >= 4 is 31.9 Å². The fourth-order valence-corrected chi connectivity index (χ4v) is 8.70. The lowest BCUT2D eigenvalue weighted by molar-refractivity contribution is -0.132. The van der Waals surface area contributed by atoms with Crippen LogP contribution in [0.4, 0.5) is 0 Å². The van der Waals surface area contributed by atoms with Crippen LogP contribution in [0.2, 0.25) is 18.1 Å². The second-order valence-electron chi connectivity index (χ2n) is 16.3. The Morgan fingerprint density at radius 1 is 1.00 bits per heavy atom. The number of hydrogen-bond acceptors (Lipinski definition) is 6. The van der Waals surface area contributed by atoms with Gasteiger partial charge in [0, 0.05) is 40.4 Å². The third-order valence-electron chi connectivity index (χ3n) is 10.4. The van der Waals surface area contributed by atoms with Crippen molar-refractivity contribution in [2.24, 2.45) is 11.8 Å². The van der Waals surface area contributed by atoms with Crippen LogP contribution < -0.4 is 15.1 Å². The summed E-state index contributed by atoms with van der Waals surface area (Å²) in [5.74, 6) is 2.11. The van der Waals surface area contributed by atoms with Crippen LogP contribution in [-0.2, 0) is 4.79 Å². The molecule has 2 aliphatic rings. The fraction of sp³-hybridized carbons (Fsp3) is 0.632. The first kappa shape index (κ1) is 37.5. The maximum Gasteiger partial charge on any atom is 0.252 e. The average Bonchev–Trinajstić information content (AvgIpc) is 2.98. The number of nitrogens with one attached hydrogen (secondary N) is 2. The lowest BCUT2D eigenvalue weighted by Gasteiger charge is -2.47. The number of nitrogens with zero attached hydrogens (tertiary/aromatic N) is 1. The molecular formula is C38H59N3O4SSi. The Hall–Kier alpha value is -2.33. The molecule has 0 aromatic heterocycles. The van der Waals surface area contributed by atoms with E-state index in [0.717, 1.165) is 29.2 Å². The molecule has 1 saturated carbocycles. The molecule has 1 aliphatic carbocycles. The third-order valence-corrected chi connectivity index (χ3v) is 15.9. The predicted molar refractivity (Wildman–Crippen MR) is 197 cm³/mol. The minimum Gasteiger partial charge on any atom is -0.543 e. The lowest BCUT2D eigenvalue weighted by atomic mass is 9.72. The van der Waals surface area contributed by atoms with Crippen molar-refractivity contribution < 1.29 is 19.1 Å². The van der Waals surface area contributed by atoms with Gasteiger partial charge in [-0.1, -0.05) is 64.3 Å². The van der Waals surface area contributed by atoms with Crippen LogP contribution >= 0.6 is 11.8 Å². The molecule has 47 heavy (non-hydrogen) atoms. The van der Waals surface area contributed by atoms with E-state index >= 15 is 0 Å². The van der Waals surface area contributed by atoms with Gasteiger partial charge in [0.15, 0.2) is 0 Å². The number of aliphatic hydroxyl groups excluding tert-OH is 1. The van der Waals surface area contributed by atoms with E-state index in [1.807, 2.05) is 76.2 Å². The van der Waals surface area contributed by atoms with Crippen LogP contribution in [-0.4, -0.2) is 72.7 Å². The van der Waals surface area contributed by atoms with Gasteiger partial charge >= 0.3 is 0 Å². The number of piperidine rings is 1. The monoisotopic (exact) mass is 681 g/mol. The first-order valence-corrected chi connectivity index (χ1v) is 21.4. The van der Waals surface area contributed by atoms with E-state index in [4.69, 9.17) is 4.43 Å². The van der Waals surface area contributed by atoms with Crippen molar-refractivity contribution in [3.63, 3.8) is 0 Å². The predicted octanol–water partition coefficient (Wildman–Crippen LogP) is 7.43. The normalized spacial score (nSPS) is 22.1. The van der Waals surface area contributed by atoms with Crippen molar-refractivity contribution in [2.45, 2.75) is 127 Å². The summed E-state index contributed by atoms with van der Waals surface area (Å²) in [4.78, 5) is 30.9. The van der Waals surface area contributed by atoms with Crippen LogP contribution in [0.15, 0.2) is 53.4 Å². The molecule has 0 spiro atoms. The molecule has 2 amide bonds. The first-order valence-electron chi connectivity index (χ1n) is 17.5. The number of carbonyl (C=O) groups is 2. The summed E-state index contributed by atoms with van der Waals surface area (Å²) in [5.41, 5.74) is 1.01. The number of carbonyl (C=O) groups excluding carboxylic acids is 2. The topological polar surface area (TPSA) is 90.9 Å². The lowest BCUT2D eigenvalue weighted by Crippen LogP contribution is -2.60. The Labute approximate surface area is 289 Å². The molecule has 4 rings (SSSR count). The number of aliphatic hydroxyl groups is 1. The maximum atomic E-state index is 14.0. The van der Waals surface area contributed by atoms with Gasteiger partial charge in [-0.2, -0.15) is 0 Å². The highest BCUT2D eigenvalue weighted by atomic mass is 32.2. The summed E-state index contributed by atoms with van der Waals surface area (Å²) < 4.78 is 6.62. The molecule has 0 bridgehead atoms. The highest BCUT2D eigenvalue weighted by molar-refractivity contribution is 7.99. The van der Waals surface area contributed by atoms with Crippen molar-refractivity contribution in [1.29, 1.82) is 0 Å². The van der Waals surface area contributed by atoms with E-state index < -0.39 is 20.5 Å². The zero-order chi connectivity index (χ0) is 34.6. The zero-order valence-corrected chi connectivity index (χ0v) is 32.0. The number of fused-ring (bicyclic) bond motifs is 1. The molecule has 5 atom stereocenters. The van der Waals surface area contributed by atoms with Gasteiger partial charge in [0.25, 0.3) is 5.91 Å².